The number of rotatable bonds is 6. The molecule has 1 amide bonds. The van der Waals surface area contributed by atoms with Crippen LogP contribution in [0.3, 0.4) is 0 Å². The number of alkyl halides is 1. The Bertz CT molecular complexity index is 914. The molecule has 1 fully saturated rings. The van der Waals surface area contributed by atoms with Crippen molar-refractivity contribution in [3.8, 4) is 5.75 Å². The van der Waals surface area contributed by atoms with E-state index in [-0.39, 0.29) is 13.2 Å². The van der Waals surface area contributed by atoms with E-state index in [0.29, 0.717) is 23.5 Å². The van der Waals surface area contributed by atoms with Gasteiger partial charge in [0, 0.05) is 5.56 Å². The number of benzene rings is 2. The van der Waals surface area contributed by atoms with Crippen LogP contribution in [0, 0.1) is 0 Å². The van der Waals surface area contributed by atoms with Crippen LogP contribution in [0.25, 0.3) is 0 Å². The molecule has 174 valence electrons. The molecule has 1 aliphatic rings. The molecule has 0 radical (unpaired) electrons. The number of ether oxygens (including phenoxy) is 4. The van der Waals surface area contributed by atoms with Gasteiger partial charge < -0.3 is 24.3 Å². The Morgan fingerprint density at radius 1 is 1.09 bits per heavy atom. The van der Waals surface area contributed by atoms with Crippen LogP contribution in [0.1, 0.15) is 51.3 Å². The largest absolute Gasteiger partial charge is 0.489 e. The van der Waals surface area contributed by atoms with Crippen LogP contribution in [0.15, 0.2) is 48.5 Å². The number of hydrogen-bond acceptors (Lipinski definition) is 5. The average molecular weight is 446 g/mol. The monoisotopic (exact) mass is 445 g/mol. The van der Waals surface area contributed by atoms with Crippen molar-refractivity contribution >= 4 is 6.09 Å². The zero-order chi connectivity index (χ0) is 23.4. The van der Waals surface area contributed by atoms with E-state index in [1.54, 1.807) is 52.8 Å². The highest BCUT2D eigenvalue weighted by Gasteiger charge is 2.44. The fraction of sp³-hybridized carbons (Fsp3) is 0.480. The maximum absolute atomic E-state index is 13.9. The van der Waals surface area contributed by atoms with Crippen molar-refractivity contribution in [2.24, 2.45) is 0 Å². The first kappa shape index (κ1) is 24.0. The Hall–Kier alpha value is -2.64. The number of amides is 1. The summed E-state index contributed by atoms with van der Waals surface area (Å²) in [6, 6.07) is 14.9. The van der Waals surface area contributed by atoms with Crippen LogP contribution < -0.4 is 10.1 Å². The van der Waals surface area contributed by atoms with Crippen molar-refractivity contribution in [1.29, 1.82) is 0 Å². The molecule has 0 aliphatic carbocycles. The maximum Gasteiger partial charge on any atom is 0.408 e. The lowest BCUT2D eigenvalue weighted by molar-refractivity contribution is -0.272. The molecular weight excluding hydrogens is 413 g/mol. The van der Waals surface area contributed by atoms with Gasteiger partial charge >= 0.3 is 6.09 Å². The van der Waals surface area contributed by atoms with Gasteiger partial charge in [-0.15, -0.1) is 0 Å². The van der Waals surface area contributed by atoms with Gasteiger partial charge in [0.15, 0.2) is 5.79 Å². The van der Waals surface area contributed by atoms with Gasteiger partial charge in [0.2, 0.25) is 0 Å². The van der Waals surface area contributed by atoms with E-state index in [1.807, 2.05) is 30.3 Å². The summed E-state index contributed by atoms with van der Waals surface area (Å²) in [4.78, 5) is 12.6. The van der Waals surface area contributed by atoms with Crippen molar-refractivity contribution in [1.82, 2.24) is 5.32 Å². The van der Waals surface area contributed by atoms with Crippen LogP contribution in [0.2, 0.25) is 0 Å². The highest BCUT2D eigenvalue weighted by Crippen LogP contribution is 2.34. The molecular formula is C25H32FNO5. The van der Waals surface area contributed by atoms with Crippen molar-refractivity contribution < 1.29 is 28.1 Å². The topological polar surface area (TPSA) is 66.0 Å². The summed E-state index contributed by atoms with van der Waals surface area (Å²) in [5.41, 5.74) is 0.327. The third kappa shape index (κ3) is 6.20. The van der Waals surface area contributed by atoms with E-state index in [2.05, 4.69) is 5.32 Å². The molecule has 0 spiro atoms. The SMILES string of the molecule is CC(C)(C)OC(=O)NC1(c2ccc(OCc3ccccc3)c(CF)c2)COC(C)(C)OC1. The Balaban J connectivity index is 1.86. The molecule has 2 aromatic carbocycles. The van der Waals surface area contributed by atoms with Gasteiger partial charge in [-0.3, -0.25) is 0 Å². The number of halogens is 1. The number of carbonyl (C=O) groups excluding carboxylic acids is 1. The molecule has 1 heterocycles. The van der Waals surface area contributed by atoms with E-state index in [4.69, 9.17) is 18.9 Å². The van der Waals surface area contributed by atoms with Crippen molar-refractivity contribution in [3.05, 3.63) is 65.2 Å². The van der Waals surface area contributed by atoms with Crippen LogP contribution in [-0.2, 0) is 33.0 Å². The van der Waals surface area contributed by atoms with E-state index in [0.717, 1.165) is 5.56 Å². The Labute approximate surface area is 189 Å². The van der Waals surface area contributed by atoms with Gasteiger partial charge in [-0.1, -0.05) is 36.4 Å². The maximum atomic E-state index is 13.9. The highest BCUT2D eigenvalue weighted by molar-refractivity contribution is 5.69. The number of carbonyl (C=O) groups is 1. The molecule has 0 unspecified atom stereocenters. The molecule has 3 rings (SSSR count). The summed E-state index contributed by atoms with van der Waals surface area (Å²) in [6.07, 6.45) is -0.601. The van der Waals surface area contributed by atoms with Crippen LogP contribution >= 0.6 is 0 Å². The Morgan fingerprint density at radius 2 is 1.75 bits per heavy atom. The summed E-state index contributed by atoms with van der Waals surface area (Å²) in [7, 11) is 0. The molecule has 2 aromatic rings. The Kier molecular flexibility index (Phi) is 7.10. The van der Waals surface area contributed by atoms with Crippen LogP contribution in [0.5, 0.6) is 5.75 Å². The second kappa shape index (κ2) is 9.46. The molecule has 6 nitrogen and oxygen atoms in total. The molecule has 1 N–H and O–H groups in total. The summed E-state index contributed by atoms with van der Waals surface area (Å²) >= 11 is 0. The first-order valence-electron chi connectivity index (χ1n) is 10.7. The van der Waals surface area contributed by atoms with Gasteiger partial charge in [0.05, 0.1) is 13.2 Å². The normalized spacial score (nSPS) is 17.4. The summed E-state index contributed by atoms with van der Waals surface area (Å²) in [5.74, 6) is -0.341. The number of nitrogens with one attached hydrogen (secondary N) is 1. The second-order valence-electron chi connectivity index (χ2n) is 9.42. The first-order chi connectivity index (χ1) is 15.0. The van der Waals surface area contributed by atoms with Gasteiger partial charge in [0.1, 0.15) is 30.2 Å². The lowest BCUT2D eigenvalue weighted by Crippen LogP contribution is -2.59. The van der Waals surface area contributed by atoms with Crippen LogP contribution in [0.4, 0.5) is 9.18 Å². The van der Waals surface area contributed by atoms with E-state index >= 15 is 0 Å². The minimum absolute atomic E-state index is 0.148. The van der Waals surface area contributed by atoms with Gasteiger partial charge in [-0.05, 0) is 57.9 Å². The summed E-state index contributed by atoms with van der Waals surface area (Å²) < 4.78 is 37.0. The lowest BCUT2D eigenvalue weighted by Gasteiger charge is -2.44. The minimum Gasteiger partial charge on any atom is -0.489 e. The van der Waals surface area contributed by atoms with Crippen LogP contribution in [-0.4, -0.2) is 30.7 Å². The number of hydrogen-bond donors (Lipinski definition) is 1. The molecule has 0 aromatic heterocycles. The minimum atomic E-state index is -1.03. The molecule has 0 saturated carbocycles. The first-order valence-corrected chi connectivity index (χ1v) is 10.7. The predicted molar refractivity (Wildman–Crippen MR) is 119 cm³/mol. The average Bonchev–Trinajstić information content (AvgIpc) is 2.73. The zero-order valence-corrected chi connectivity index (χ0v) is 19.4. The van der Waals surface area contributed by atoms with Gasteiger partial charge in [-0.2, -0.15) is 0 Å². The quantitative estimate of drug-likeness (QED) is 0.659. The molecule has 1 aliphatic heterocycles. The van der Waals surface area contributed by atoms with Gasteiger partial charge in [-0.25, -0.2) is 9.18 Å². The number of alkyl carbamates (subject to hydrolysis) is 1. The molecule has 1 saturated heterocycles. The molecule has 7 heteroatoms. The summed E-state index contributed by atoms with van der Waals surface area (Å²) in [6.45, 7) is 8.88. The molecule has 0 atom stereocenters. The van der Waals surface area contributed by atoms with Crippen molar-refractivity contribution in [2.45, 2.75) is 64.8 Å². The smallest absolute Gasteiger partial charge is 0.408 e. The third-order valence-electron chi connectivity index (χ3n) is 5.07. The lowest BCUT2D eigenvalue weighted by atomic mass is 9.89. The van der Waals surface area contributed by atoms with Crippen molar-refractivity contribution in [3.63, 3.8) is 0 Å². The fourth-order valence-electron chi connectivity index (χ4n) is 3.34. The highest BCUT2D eigenvalue weighted by atomic mass is 19.1. The molecule has 0 bridgehead atoms. The fourth-order valence-corrected chi connectivity index (χ4v) is 3.34. The standard InChI is InChI=1S/C25H32FNO5/c1-23(2,3)32-22(28)27-25(16-30-24(4,5)31-17-25)20-11-12-21(19(13-20)14-26)29-15-18-9-7-6-8-10-18/h6-13H,14-17H2,1-5H3,(H,27,28). The van der Waals surface area contributed by atoms with Crippen molar-refractivity contribution in [2.75, 3.05) is 13.2 Å². The zero-order valence-electron chi connectivity index (χ0n) is 19.4. The Morgan fingerprint density at radius 3 is 2.34 bits per heavy atom. The second-order valence-corrected chi connectivity index (χ2v) is 9.42. The van der Waals surface area contributed by atoms with E-state index in [9.17, 15) is 9.18 Å². The van der Waals surface area contributed by atoms with E-state index < -0.39 is 29.7 Å². The predicted octanol–water partition coefficient (Wildman–Crippen LogP) is 5.24. The van der Waals surface area contributed by atoms with Gasteiger partial charge in [0.25, 0.3) is 0 Å². The summed E-state index contributed by atoms with van der Waals surface area (Å²) in [5, 5.41) is 2.90. The molecule has 32 heavy (non-hydrogen) atoms. The third-order valence-corrected chi connectivity index (χ3v) is 5.07. The van der Waals surface area contributed by atoms with E-state index in [1.165, 1.54) is 0 Å².